The summed E-state index contributed by atoms with van der Waals surface area (Å²) >= 11 is 0. The summed E-state index contributed by atoms with van der Waals surface area (Å²) in [5.74, 6) is 1.53. The van der Waals surface area contributed by atoms with Crippen molar-refractivity contribution in [2.45, 2.75) is 45.6 Å². The van der Waals surface area contributed by atoms with Crippen molar-refractivity contribution in [3.63, 3.8) is 0 Å². The van der Waals surface area contributed by atoms with E-state index in [1.54, 1.807) is 0 Å². The monoisotopic (exact) mass is 258 g/mol. The number of rotatable bonds is 6. The van der Waals surface area contributed by atoms with Gasteiger partial charge < -0.3 is 9.52 Å². The smallest absolute Gasteiger partial charge is 0.137 e. The number of hydrogen-bond acceptors (Lipinski definition) is 2. The van der Waals surface area contributed by atoms with Crippen molar-refractivity contribution in [2.75, 3.05) is 0 Å². The highest BCUT2D eigenvalue weighted by molar-refractivity contribution is 5.28. The van der Waals surface area contributed by atoms with E-state index in [2.05, 4.69) is 19.1 Å². The number of furan rings is 1. The first kappa shape index (κ1) is 13.9. The summed E-state index contributed by atoms with van der Waals surface area (Å²) in [6.45, 7) is 4.23. The Hall–Kier alpha value is -1.54. The van der Waals surface area contributed by atoms with Crippen LogP contribution in [-0.4, -0.2) is 5.11 Å². The van der Waals surface area contributed by atoms with Gasteiger partial charge in [-0.25, -0.2) is 0 Å². The Kier molecular flexibility index (Phi) is 4.80. The van der Waals surface area contributed by atoms with E-state index in [-0.39, 0.29) is 0 Å². The van der Waals surface area contributed by atoms with Crippen LogP contribution in [0.5, 0.6) is 0 Å². The Morgan fingerprint density at radius 3 is 2.37 bits per heavy atom. The molecule has 0 saturated heterocycles. The largest absolute Gasteiger partial charge is 0.463 e. The second-order valence-corrected chi connectivity index (χ2v) is 4.91. The van der Waals surface area contributed by atoms with Gasteiger partial charge in [-0.2, -0.15) is 0 Å². The van der Waals surface area contributed by atoms with Crippen LogP contribution in [0.4, 0.5) is 0 Å². The predicted octanol–water partition coefficient (Wildman–Crippen LogP) is 4.27. The van der Waals surface area contributed by atoms with E-state index in [9.17, 15) is 5.11 Å². The van der Waals surface area contributed by atoms with Gasteiger partial charge in [-0.15, -0.1) is 0 Å². The van der Waals surface area contributed by atoms with E-state index in [0.717, 1.165) is 24.2 Å². The van der Waals surface area contributed by atoms with Gasteiger partial charge in [-0.1, -0.05) is 44.5 Å². The molecule has 0 aliphatic carbocycles. The lowest BCUT2D eigenvalue weighted by molar-refractivity contribution is 0.187. The molecular formula is C17H22O2. The number of aryl methyl sites for hydroxylation is 2. The van der Waals surface area contributed by atoms with Crippen molar-refractivity contribution in [1.29, 1.82) is 0 Å². The molecule has 1 N–H and O–H groups in total. The first-order chi connectivity index (χ1) is 9.24. The molecule has 0 aliphatic rings. The first-order valence-corrected chi connectivity index (χ1v) is 7.10. The van der Waals surface area contributed by atoms with Crippen LogP contribution in [0, 0.1) is 0 Å². The normalized spacial score (nSPS) is 12.6. The Morgan fingerprint density at radius 2 is 1.79 bits per heavy atom. The van der Waals surface area contributed by atoms with Crippen molar-refractivity contribution in [3.05, 3.63) is 59.0 Å². The summed E-state index contributed by atoms with van der Waals surface area (Å²) in [4.78, 5) is 0. The Labute approximate surface area is 115 Å². The SMILES string of the molecule is CCCCc1ccc(C(O)c2ccc(CC)o2)cc1. The van der Waals surface area contributed by atoms with E-state index in [1.807, 2.05) is 31.2 Å². The highest BCUT2D eigenvalue weighted by atomic mass is 16.4. The first-order valence-electron chi connectivity index (χ1n) is 7.10. The minimum atomic E-state index is -0.666. The van der Waals surface area contributed by atoms with Gasteiger partial charge in [0.2, 0.25) is 0 Å². The molecular weight excluding hydrogens is 236 g/mol. The van der Waals surface area contributed by atoms with Gasteiger partial charge in [0.1, 0.15) is 17.6 Å². The molecule has 1 atom stereocenters. The van der Waals surface area contributed by atoms with Crippen LogP contribution in [0.1, 0.15) is 55.4 Å². The average Bonchev–Trinajstić information content (AvgIpc) is 2.94. The average molecular weight is 258 g/mol. The maximum atomic E-state index is 10.3. The van der Waals surface area contributed by atoms with E-state index in [0.29, 0.717) is 5.76 Å². The summed E-state index contributed by atoms with van der Waals surface area (Å²) in [7, 11) is 0. The quantitative estimate of drug-likeness (QED) is 0.839. The summed E-state index contributed by atoms with van der Waals surface area (Å²) in [5, 5.41) is 10.3. The number of aliphatic hydroxyl groups is 1. The maximum Gasteiger partial charge on any atom is 0.137 e. The number of aliphatic hydroxyl groups excluding tert-OH is 1. The molecule has 102 valence electrons. The van der Waals surface area contributed by atoms with Crippen LogP contribution in [0.25, 0.3) is 0 Å². The number of unbranched alkanes of at least 4 members (excludes halogenated alkanes) is 1. The van der Waals surface area contributed by atoms with Gasteiger partial charge in [0, 0.05) is 6.42 Å². The molecule has 0 saturated carbocycles. The molecule has 2 rings (SSSR count). The summed E-state index contributed by atoms with van der Waals surface area (Å²) in [6, 6.07) is 12.0. The zero-order valence-corrected chi connectivity index (χ0v) is 11.7. The molecule has 0 bridgehead atoms. The highest BCUT2D eigenvalue weighted by Gasteiger charge is 2.14. The molecule has 2 nitrogen and oxygen atoms in total. The lowest BCUT2D eigenvalue weighted by Crippen LogP contribution is -1.98. The van der Waals surface area contributed by atoms with Crippen LogP contribution in [-0.2, 0) is 12.8 Å². The van der Waals surface area contributed by atoms with Crippen LogP contribution in [0.15, 0.2) is 40.8 Å². The van der Waals surface area contributed by atoms with Gasteiger partial charge in [-0.3, -0.25) is 0 Å². The molecule has 1 aromatic heterocycles. The third-order valence-corrected chi connectivity index (χ3v) is 3.41. The molecule has 1 heterocycles. The highest BCUT2D eigenvalue weighted by Crippen LogP contribution is 2.24. The van der Waals surface area contributed by atoms with E-state index in [1.165, 1.54) is 18.4 Å². The van der Waals surface area contributed by atoms with Crippen molar-refractivity contribution in [1.82, 2.24) is 0 Å². The zero-order valence-electron chi connectivity index (χ0n) is 11.7. The second-order valence-electron chi connectivity index (χ2n) is 4.91. The Bertz CT molecular complexity index is 496. The lowest BCUT2D eigenvalue weighted by atomic mass is 10.0. The molecule has 0 fully saturated rings. The fourth-order valence-corrected chi connectivity index (χ4v) is 2.14. The minimum absolute atomic E-state index is 0.623. The second kappa shape index (κ2) is 6.58. The molecule has 0 amide bonds. The molecule has 0 aliphatic heterocycles. The van der Waals surface area contributed by atoms with E-state index in [4.69, 9.17) is 4.42 Å². The standard InChI is InChI=1S/C17H22O2/c1-3-5-6-13-7-9-14(10-8-13)17(18)16-12-11-15(4-2)19-16/h7-12,17-18H,3-6H2,1-2H3. The number of hydrogen-bond donors (Lipinski definition) is 1. The topological polar surface area (TPSA) is 33.4 Å². The van der Waals surface area contributed by atoms with Crippen LogP contribution in [0.3, 0.4) is 0 Å². The van der Waals surface area contributed by atoms with Gasteiger partial charge in [0.05, 0.1) is 0 Å². The van der Waals surface area contributed by atoms with Gasteiger partial charge in [0.25, 0.3) is 0 Å². The maximum absolute atomic E-state index is 10.3. The van der Waals surface area contributed by atoms with Crippen molar-refractivity contribution in [3.8, 4) is 0 Å². The molecule has 2 heteroatoms. The molecule has 1 unspecified atom stereocenters. The zero-order chi connectivity index (χ0) is 13.7. The van der Waals surface area contributed by atoms with Crippen LogP contribution >= 0.6 is 0 Å². The third kappa shape index (κ3) is 3.48. The number of benzene rings is 1. The van der Waals surface area contributed by atoms with Crippen LogP contribution < -0.4 is 0 Å². The van der Waals surface area contributed by atoms with Crippen molar-refractivity contribution in [2.24, 2.45) is 0 Å². The van der Waals surface area contributed by atoms with Crippen LogP contribution in [0.2, 0.25) is 0 Å². The molecule has 2 aromatic rings. The van der Waals surface area contributed by atoms with E-state index >= 15 is 0 Å². The molecule has 0 radical (unpaired) electrons. The van der Waals surface area contributed by atoms with Gasteiger partial charge in [-0.05, 0) is 36.1 Å². The Morgan fingerprint density at radius 1 is 1.05 bits per heavy atom. The summed E-state index contributed by atoms with van der Waals surface area (Å²) in [5.41, 5.74) is 2.21. The fraction of sp³-hybridized carbons (Fsp3) is 0.412. The van der Waals surface area contributed by atoms with Crippen molar-refractivity contribution >= 4 is 0 Å². The van der Waals surface area contributed by atoms with E-state index < -0.39 is 6.10 Å². The summed E-state index contributed by atoms with van der Waals surface area (Å²) in [6.07, 6.45) is 3.70. The van der Waals surface area contributed by atoms with Gasteiger partial charge >= 0.3 is 0 Å². The third-order valence-electron chi connectivity index (χ3n) is 3.41. The molecule has 19 heavy (non-hydrogen) atoms. The van der Waals surface area contributed by atoms with Gasteiger partial charge in [0.15, 0.2) is 0 Å². The Balaban J connectivity index is 2.08. The lowest BCUT2D eigenvalue weighted by Gasteiger charge is -2.09. The minimum Gasteiger partial charge on any atom is -0.463 e. The predicted molar refractivity (Wildman–Crippen MR) is 77.2 cm³/mol. The van der Waals surface area contributed by atoms with Crippen molar-refractivity contribution < 1.29 is 9.52 Å². The fourth-order valence-electron chi connectivity index (χ4n) is 2.14. The molecule has 1 aromatic carbocycles. The molecule has 0 spiro atoms. The summed E-state index contributed by atoms with van der Waals surface area (Å²) < 4.78 is 5.59.